The molecule has 2 saturated heterocycles. The average molecular weight is 388 g/mol. The summed E-state index contributed by atoms with van der Waals surface area (Å²) in [6, 6.07) is 10.4. The first-order valence-electron chi connectivity index (χ1n) is 9.81. The molecule has 2 fully saturated rings. The number of rotatable bonds is 5. The van der Waals surface area contributed by atoms with Crippen LogP contribution in [0.4, 0.5) is 26.0 Å². The minimum absolute atomic E-state index is 0.276. The lowest BCUT2D eigenvalue weighted by molar-refractivity contribution is 0.122. The molecule has 0 amide bonds. The van der Waals surface area contributed by atoms with E-state index in [0.29, 0.717) is 32.0 Å². The molecule has 0 bridgehead atoms. The Morgan fingerprint density at radius 3 is 2.68 bits per heavy atom. The van der Waals surface area contributed by atoms with Crippen molar-refractivity contribution in [1.29, 1.82) is 0 Å². The SMILES string of the molecule is FC[C@@]1(Nc2cc(N3CCOCC3)ccn2)CCCN(c2cccc(F)c2)C1. The summed E-state index contributed by atoms with van der Waals surface area (Å²) in [4.78, 5) is 8.71. The maximum Gasteiger partial charge on any atom is 0.128 e. The van der Waals surface area contributed by atoms with E-state index < -0.39 is 12.2 Å². The molecule has 2 aliphatic rings. The predicted octanol–water partition coefficient (Wildman–Crippen LogP) is 3.48. The molecule has 150 valence electrons. The van der Waals surface area contributed by atoms with Crippen molar-refractivity contribution in [1.82, 2.24) is 4.98 Å². The fourth-order valence-electron chi connectivity index (χ4n) is 4.05. The number of morpholine rings is 1. The lowest BCUT2D eigenvalue weighted by Gasteiger charge is -2.43. The number of aromatic nitrogens is 1. The van der Waals surface area contributed by atoms with Gasteiger partial charge in [0.05, 0.1) is 18.8 Å². The third-order valence-corrected chi connectivity index (χ3v) is 5.52. The Hall–Kier alpha value is -2.41. The molecule has 0 radical (unpaired) electrons. The number of alkyl halides is 1. The Labute approximate surface area is 164 Å². The smallest absolute Gasteiger partial charge is 0.128 e. The molecule has 0 spiro atoms. The van der Waals surface area contributed by atoms with Crippen LogP contribution in [0.15, 0.2) is 42.6 Å². The van der Waals surface area contributed by atoms with Crippen molar-refractivity contribution in [3.8, 4) is 0 Å². The number of nitrogens with zero attached hydrogens (tertiary/aromatic N) is 3. The van der Waals surface area contributed by atoms with Crippen LogP contribution in [0.1, 0.15) is 12.8 Å². The molecule has 7 heteroatoms. The summed E-state index contributed by atoms with van der Waals surface area (Å²) >= 11 is 0. The number of anilines is 3. The highest BCUT2D eigenvalue weighted by molar-refractivity contribution is 5.56. The summed E-state index contributed by atoms with van der Waals surface area (Å²) in [6.45, 7) is 3.84. The van der Waals surface area contributed by atoms with Crippen LogP contribution in [0.5, 0.6) is 0 Å². The standard InChI is InChI=1S/C21H26F2N4O/c22-15-21(6-2-8-27(16-21)18-4-1-3-17(23)13-18)25-20-14-19(5-7-24-20)26-9-11-28-12-10-26/h1,3-5,7,13-14H,2,6,8-12,15-16H2,(H,24,25)/t21-/m0/s1. The molecule has 1 aromatic carbocycles. The maximum atomic E-state index is 14.2. The molecule has 5 nitrogen and oxygen atoms in total. The van der Waals surface area contributed by atoms with Crippen LogP contribution in [0.3, 0.4) is 0 Å². The van der Waals surface area contributed by atoms with Crippen LogP contribution in [0.25, 0.3) is 0 Å². The first-order chi connectivity index (χ1) is 13.7. The second-order valence-electron chi connectivity index (χ2n) is 7.54. The second kappa shape index (κ2) is 8.31. The fraction of sp³-hybridized carbons (Fsp3) is 0.476. The van der Waals surface area contributed by atoms with E-state index >= 15 is 0 Å². The van der Waals surface area contributed by atoms with E-state index in [1.165, 1.54) is 12.1 Å². The molecule has 0 unspecified atom stereocenters. The number of hydrogen-bond acceptors (Lipinski definition) is 5. The topological polar surface area (TPSA) is 40.6 Å². The van der Waals surface area contributed by atoms with Crippen LogP contribution < -0.4 is 15.1 Å². The maximum absolute atomic E-state index is 14.2. The van der Waals surface area contributed by atoms with Crippen molar-refractivity contribution >= 4 is 17.2 Å². The van der Waals surface area contributed by atoms with Crippen LogP contribution in [-0.4, -0.2) is 56.6 Å². The quantitative estimate of drug-likeness (QED) is 0.849. The Morgan fingerprint density at radius 2 is 1.89 bits per heavy atom. The van der Waals surface area contributed by atoms with Crippen LogP contribution >= 0.6 is 0 Å². The fourth-order valence-corrected chi connectivity index (χ4v) is 4.05. The molecule has 0 saturated carbocycles. The van der Waals surface area contributed by atoms with Gasteiger partial charge in [0.2, 0.25) is 0 Å². The van der Waals surface area contributed by atoms with E-state index in [-0.39, 0.29) is 5.82 Å². The van der Waals surface area contributed by atoms with Gasteiger partial charge in [0.1, 0.15) is 18.3 Å². The highest BCUT2D eigenvalue weighted by Gasteiger charge is 2.36. The average Bonchev–Trinajstić information content (AvgIpc) is 2.75. The van der Waals surface area contributed by atoms with Gasteiger partial charge in [0, 0.05) is 49.8 Å². The van der Waals surface area contributed by atoms with E-state index in [4.69, 9.17) is 4.74 Å². The summed E-state index contributed by atoms with van der Waals surface area (Å²) in [7, 11) is 0. The van der Waals surface area contributed by atoms with E-state index in [0.717, 1.165) is 37.4 Å². The van der Waals surface area contributed by atoms with Gasteiger partial charge in [-0.3, -0.25) is 0 Å². The lowest BCUT2D eigenvalue weighted by Crippen LogP contribution is -2.55. The van der Waals surface area contributed by atoms with Crippen molar-refractivity contribution in [3.63, 3.8) is 0 Å². The molecule has 0 aliphatic carbocycles. The van der Waals surface area contributed by atoms with Gasteiger partial charge in [-0.1, -0.05) is 6.07 Å². The predicted molar refractivity (Wildman–Crippen MR) is 107 cm³/mol. The van der Waals surface area contributed by atoms with Gasteiger partial charge in [-0.05, 0) is 37.1 Å². The first kappa shape index (κ1) is 18.9. The highest BCUT2D eigenvalue weighted by atomic mass is 19.1. The normalized spacial score (nSPS) is 22.9. The van der Waals surface area contributed by atoms with Gasteiger partial charge < -0.3 is 19.9 Å². The molecule has 2 aromatic rings. The molecule has 4 rings (SSSR count). The number of hydrogen-bond donors (Lipinski definition) is 1. The molecule has 3 heterocycles. The Bertz CT molecular complexity index is 799. The Balaban J connectivity index is 1.51. The van der Waals surface area contributed by atoms with E-state index in [1.54, 1.807) is 12.3 Å². The van der Waals surface area contributed by atoms with Gasteiger partial charge in [0.15, 0.2) is 0 Å². The third kappa shape index (κ3) is 4.19. The monoisotopic (exact) mass is 388 g/mol. The number of nitrogens with one attached hydrogen (secondary N) is 1. The van der Waals surface area contributed by atoms with Crippen LogP contribution in [-0.2, 0) is 4.74 Å². The van der Waals surface area contributed by atoms with Gasteiger partial charge in [0.25, 0.3) is 0 Å². The molecule has 28 heavy (non-hydrogen) atoms. The van der Waals surface area contributed by atoms with Crippen molar-refractivity contribution in [2.75, 3.05) is 61.2 Å². The minimum atomic E-state index is -0.735. The summed E-state index contributed by atoms with van der Waals surface area (Å²) in [5, 5.41) is 3.36. The molecular weight excluding hydrogens is 362 g/mol. The third-order valence-electron chi connectivity index (χ3n) is 5.52. The van der Waals surface area contributed by atoms with Crippen molar-refractivity contribution < 1.29 is 13.5 Å². The Kier molecular flexibility index (Phi) is 5.62. The molecule has 2 aliphatic heterocycles. The van der Waals surface area contributed by atoms with Crippen molar-refractivity contribution in [3.05, 3.63) is 48.4 Å². The highest BCUT2D eigenvalue weighted by Crippen LogP contribution is 2.30. The molecule has 1 aromatic heterocycles. The summed E-state index contributed by atoms with van der Waals surface area (Å²) in [5.74, 6) is 0.393. The lowest BCUT2D eigenvalue weighted by atomic mass is 9.89. The zero-order valence-electron chi connectivity index (χ0n) is 15.9. The number of ether oxygens (including phenoxy) is 1. The molecule has 1 N–H and O–H groups in total. The van der Waals surface area contributed by atoms with Gasteiger partial charge in [-0.15, -0.1) is 0 Å². The van der Waals surface area contributed by atoms with Gasteiger partial charge in [-0.25, -0.2) is 13.8 Å². The van der Waals surface area contributed by atoms with E-state index in [2.05, 4.69) is 15.2 Å². The first-order valence-corrected chi connectivity index (χ1v) is 9.81. The van der Waals surface area contributed by atoms with Gasteiger partial charge >= 0.3 is 0 Å². The number of halogens is 2. The largest absolute Gasteiger partial charge is 0.378 e. The number of benzene rings is 1. The molecule has 1 atom stereocenters. The Morgan fingerprint density at radius 1 is 1.07 bits per heavy atom. The minimum Gasteiger partial charge on any atom is -0.378 e. The van der Waals surface area contributed by atoms with Crippen LogP contribution in [0, 0.1) is 5.82 Å². The van der Waals surface area contributed by atoms with E-state index in [9.17, 15) is 8.78 Å². The van der Waals surface area contributed by atoms with Crippen LogP contribution in [0.2, 0.25) is 0 Å². The summed E-state index contributed by atoms with van der Waals surface area (Å²) in [6.07, 6.45) is 3.29. The number of piperidine rings is 1. The van der Waals surface area contributed by atoms with E-state index in [1.807, 2.05) is 23.1 Å². The summed E-state index contributed by atoms with van der Waals surface area (Å²) < 4.78 is 33.3. The zero-order valence-corrected chi connectivity index (χ0v) is 15.9. The zero-order chi connectivity index (χ0) is 19.4. The second-order valence-corrected chi connectivity index (χ2v) is 7.54. The van der Waals surface area contributed by atoms with Gasteiger partial charge in [-0.2, -0.15) is 0 Å². The van der Waals surface area contributed by atoms with Crippen molar-refractivity contribution in [2.45, 2.75) is 18.4 Å². The number of pyridine rings is 1. The summed E-state index contributed by atoms with van der Waals surface area (Å²) in [5.41, 5.74) is 1.11. The van der Waals surface area contributed by atoms with Crippen molar-refractivity contribution in [2.24, 2.45) is 0 Å². The molecular formula is C21H26F2N4O.